The first kappa shape index (κ1) is 14.7. The highest BCUT2D eigenvalue weighted by Crippen LogP contribution is 2.33. The average molecular weight is 322 g/mol. The van der Waals surface area contributed by atoms with Crippen molar-refractivity contribution >= 4 is 23.7 Å². The quantitative estimate of drug-likeness (QED) is 0.640. The van der Waals surface area contributed by atoms with Crippen LogP contribution in [0, 0.1) is 0 Å². The van der Waals surface area contributed by atoms with Gasteiger partial charge in [0.2, 0.25) is 11.1 Å². The van der Waals surface area contributed by atoms with Gasteiger partial charge in [-0.3, -0.25) is 0 Å². The van der Waals surface area contributed by atoms with Crippen LogP contribution in [0.5, 0.6) is 5.75 Å². The first-order valence-electron chi connectivity index (χ1n) is 6.42. The van der Waals surface area contributed by atoms with Crippen molar-refractivity contribution < 1.29 is 19.0 Å². The molecule has 3 rings (SSSR count). The number of fused-ring (bicyclic) bond motifs is 1. The lowest BCUT2D eigenvalue weighted by molar-refractivity contribution is -0.0169. The Hall–Kier alpha value is -2.26. The number of carbonyl (C=O) groups excluding carboxylic acids is 1. The highest BCUT2D eigenvalue weighted by molar-refractivity contribution is 7.98. The number of hydrogen-bond acceptors (Lipinski definition) is 8. The van der Waals surface area contributed by atoms with E-state index in [1.807, 2.05) is 0 Å². The zero-order valence-corrected chi connectivity index (χ0v) is 12.6. The summed E-state index contributed by atoms with van der Waals surface area (Å²) in [6.45, 7) is 0.585. The smallest absolute Gasteiger partial charge is 0.337 e. The normalized spacial score (nSPS) is 13.3. The van der Waals surface area contributed by atoms with Crippen LogP contribution in [0.25, 0.3) is 0 Å². The minimum absolute atomic E-state index is 0.190. The molecule has 0 saturated heterocycles. The number of aromatic nitrogens is 3. The Morgan fingerprint density at radius 1 is 1.55 bits per heavy atom. The molecule has 0 atom stereocenters. The SMILES string of the molecule is COC(=O)c1cc2c(c(CSc3n[nH]c(N)n3)c1)OCOC2. The first-order chi connectivity index (χ1) is 10.7. The maximum absolute atomic E-state index is 11.8. The lowest BCUT2D eigenvalue weighted by Crippen LogP contribution is -2.15. The molecule has 1 aliphatic rings. The molecule has 0 bridgehead atoms. The molecule has 0 unspecified atom stereocenters. The predicted molar refractivity (Wildman–Crippen MR) is 78.4 cm³/mol. The summed E-state index contributed by atoms with van der Waals surface area (Å²) in [6.07, 6.45) is 0. The molecule has 2 aromatic rings. The van der Waals surface area contributed by atoms with Crippen molar-refractivity contribution in [3.8, 4) is 5.75 Å². The van der Waals surface area contributed by atoms with E-state index in [9.17, 15) is 4.79 Å². The molecular weight excluding hydrogens is 308 g/mol. The van der Waals surface area contributed by atoms with E-state index < -0.39 is 5.97 Å². The standard InChI is InChI=1S/C13H14N4O4S/c1-19-11(18)7-2-8-4-20-6-21-10(8)9(3-7)5-22-13-15-12(14)16-17-13/h2-3H,4-6H2,1H3,(H3,14,15,16,17). The molecule has 22 heavy (non-hydrogen) atoms. The number of H-pyrrole nitrogens is 1. The third kappa shape index (κ3) is 3.00. The molecule has 0 spiro atoms. The molecular formula is C13H14N4O4S. The molecule has 0 amide bonds. The van der Waals surface area contributed by atoms with E-state index in [-0.39, 0.29) is 12.7 Å². The van der Waals surface area contributed by atoms with E-state index in [2.05, 4.69) is 15.2 Å². The van der Waals surface area contributed by atoms with Crippen LogP contribution in [0.2, 0.25) is 0 Å². The zero-order valence-electron chi connectivity index (χ0n) is 11.8. The number of nitrogens with zero attached hydrogens (tertiary/aromatic N) is 2. The second-order valence-electron chi connectivity index (χ2n) is 4.52. The molecule has 0 radical (unpaired) electrons. The maximum atomic E-state index is 11.8. The Labute approximate surface area is 130 Å². The van der Waals surface area contributed by atoms with Crippen molar-refractivity contribution in [2.45, 2.75) is 17.5 Å². The van der Waals surface area contributed by atoms with E-state index in [4.69, 9.17) is 19.9 Å². The number of rotatable bonds is 4. The summed E-state index contributed by atoms with van der Waals surface area (Å²) in [4.78, 5) is 15.8. The van der Waals surface area contributed by atoms with Crippen LogP contribution in [0.3, 0.4) is 0 Å². The van der Waals surface area contributed by atoms with Crippen molar-refractivity contribution in [2.24, 2.45) is 0 Å². The second-order valence-corrected chi connectivity index (χ2v) is 5.46. The number of aromatic amines is 1. The molecule has 8 nitrogen and oxygen atoms in total. The largest absolute Gasteiger partial charge is 0.467 e. The number of ether oxygens (including phenoxy) is 3. The fourth-order valence-corrected chi connectivity index (χ4v) is 2.88. The minimum atomic E-state index is -0.401. The number of nitrogen functional groups attached to an aromatic ring is 1. The van der Waals surface area contributed by atoms with Gasteiger partial charge in [0.15, 0.2) is 6.79 Å². The van der Waals surface area contributed by atoms with Crippen molar-refractivity contribution in [1.29, 1.82) is 0 Å². The topological polar surface area (TPSA) is 112 Å². The number of esters is 1. The third-order valence-electron chi connectivity index (χ3n) is 3.05. The fourth-order valence-electron chi connectivity index (χ4n) is 2.11. The molecule has 1 aromatic heterocycles. The van der Waals surface area contributed by atoms with Crippen LogP contribution in [0.4, 0.5) is 5.95 Å². The Bertz CT molecular complexity index is 703. The summed E-state index contributed by atoms with van der Waals surface area (Å²) in [5, 5.41) is 7.07. The van der Waals surface area contributed by atoms with Crippen LogP contribution in [0.15, 0.2) is 17.3 Å². The van der Waals surface area contributed by atoms with Gasteiger partial charge >= 0.3 is 5.97 Å². The Morgan fingerprint density at radius 3 is 3.14 bits per heavy atom. The average Bonchev–Trinajstić information content (AvgIpc) is 2.97. The van der Waals surface area contributed by atoms with Crippen molar-refractivity contribution in [3.05, 3.63) is 28.8 Å². The van der Waals surface area contributed by atoms with E-state index in [1.54, 1.807) is 12.1 Å². The van der Waals surface area contributed by atoms with Gasteiger partial charge in [-0.05, 0) is 12.1 Å². The molecule has 3 N–H and O–H groups in total. The number of benzene rings is 1. The van der Waals surface area contributed by atoms with Crippen LogP contribution in [-0.4, -0.2) is 35.1 Å². The number of nitrogens with one attached hydrogen (secondary N) is 1. The van der Waals surface area contributed by atoms with Gasteiger partial charge in [-0.1, -0.05) is 11.8 Å². The van der Waals surface area contributed by atoms with Crippen molar-refractivity contribution in [1.82, 2.24) is 15.2 Å². The molecule has 0 fully saturated rings. The predicted octanol–water partition coefficient (Wildman–Crippen LogP) is 1.33. The highest BCUT2D eigenvalue weighted by Gasteiger charge is 2.20. The zero-order chi connectivity index (χ0) is 15.5. The maximum Gasteiger partial charge on any atom is 0.337 e. The number of thioether (sulfide) groups is 1. The molecule has 1 aliphatic heterocycles. The number of nitrogens with two attached hydrogens (primary N) is 1. The summed E-state index contributed by atoms with van der Waals surface area (Å²) in [7, 11) is 1.35. The summed E-state index contributed by atoms with van der Waals surface area (Å²) in [5.41, 5.74) is 7.63. The third-order valence-corrected chi connectivity index (χ3v) is 3.94. The summed E-state index contributed by atoms with van der Waals surface area (Å²) in [6, 6.07) is 3.47. The van der Waals surface area contributed by atoms with Crippen LogP contribution in [0.1, 0.15) is 21.5 Å². The van der Waals surface area contributed by atoms with Crippen molar-refractivity contribution in [2.75, 3.05) is 19.6 Å². The van der Waals surface area contributed by atoms with Gasteiger partial charge in [0.1, 0.15) is 5.75 Å². The highest BCUT2D eigenvalue weighted by atomic mass is 32.2. The van der Waals surface area contributed by atoms with Gasteiger partial charge in [0, 0.05) is 16.9 Å². The minimum Gasteiger partial charge on any atom is -0.467 e. The van der Waals surface area contributed by atoms with Crippen LogP contribution in [-0.2, 0) is 21.8 Å². The number of methoxy groups -OCH3 is 1. The van der Waals surface area contributed by atoms with Gasteiger partial charge in [-0.2, -0.15) is 4.98 Å². The fraction of sp³-hybridized carbons (Fsp3) is 0.308. The molecule has 116 valence electrons. The van der Waals surface area contributed by atoms with Crippen LogP contribution >= 0.6 is 11.8 Å². The van der Waals surface area contributed by atoms with E-state index in [0.29, 0.717) is 23.1 Å². The van der Waals surface area contributed by atoms with Crippen LogP contribution < -0.4 is 10.5 Å². The van der Waals surface area contributed by atoms with Gasteiger partial charge < -0.3 is 19.9 Å². The Kier molecular flexibility index (Phi) is 4.16. The summed E-state index contributed by atoms with van der Waals surface area (Å²) >= 11 is 1.39. The molecule has 0 aliphatic carbocycles. The van der Waals surface area contributed by atoms with E-state index in [0.717, 1.165) is 16.9 Å². The number of anilines is 1. The molecule has 9 heteroatoms. The molecule has 2 heterocycles. The van der Waals surface area contributed by atoms with E-state index >= 15 is 0 Å². The lowest BCUT2D eigenvalue weighted by atomic mass is 10.0. The lowest BCUT2D eigenvalue weighted by Gasteiger charge is -2.21. The first-order valence-corrected chi connectivity index (χ1v) is 7.41. The van der Waals surface area contributed by atoms with Crippen molar-refractivity contribution in [3.63, 3.8) is 0 Å². The van der Waals surface area contributed by atoms with Gasteiger partial charge in [-0.15, -0.1) is 5.10 Å². The second kappa shape index (κ2) is 6.24. The van der Waals surface area contributed by atoms with Gasteiger partial charge in [-0.25, -0.2) is 9.89 Å². The Balaban J connectivity index is 1.88. The number of hydrogen-bond donors (Lipinski definition) is 2. The molecule has 0 saturated carbocycles. The van der Waals surface area contributed by atoms with Gasteiger partial charge in [0.05, 0.1) is 19.3 Å². The molecule has 1 aromatic carbocycles. The monoisotopic (exact) mass is 322 g/mol. The number of carbonyl (C=O) groups is 1. The summed E-state index contributed by atoms with van der Waals surface area (Å²) in [5.74, 6) is 1.12. The van der Waals surface area contributed by atoms with E-state index in [1.165, 1.54) is 18.9 Å². The Morgan fingerprint density at radius 2 is 2.41 bits per heavy atom. The summed E-state index contributed by atoms with van der Waals surface area (Å²) < 4.78 is 15.6. The van der Waals surface area contributed by atoms with Gasteiger partial charge in [0.25, 0.3) is 0 Å².